The molecule has 0 saturated carbocycles. The molecule has 0 heterocycles. The molecule has 0 bridgehead atoms. The Morgan fingerprint density at radius 3 is 2.53 bits per heavy atom. The van der Waals surface area contributed by atoms with Gasteiger partial charge in [0.25, 0.3) is 0 Å². The van der Waals surface area contributed by atoms with E-state index >= 15 is 0 Å². The van der Waals surface area contributed by atoms with Crippen molar-refractivity contribution in [3.8, 4) is 0 Å². The van der Waals surface area contributed by atoms with Crippen molar-refractivity contribution in [2.75, 3.05) is 7.11 Å². The van der Waals surface area contributed by atoms with Crippen LogP contribution in [-0.2, 0) is 9.53 Å². The molecule has 0 radical (unpaired) electrons. The third kappa shape index (κ3) is 2.53. The summed E-state index contributed by atoms with van der Waals surface area (Å²) in [6, 6.07) is 14.2. The predicted octanol–water partition coefficient (Wildman–Crippen LogP) is 3.42. The molecule has 0 aliphatic heterocycles. The Balaban J connectivity index is 2.40. The summed E-state index contributed by atoms with van der Waals surface area (Å²) in [5, 5.41) is 2.36. The Morgan fingerprint density at radius 1 is 1.12 bits per heavy atom. The molecule has 0 fully saturated rings. The molecule has 0 aromatic heterocycles. The average Bonchev–Trinajstić information content (AvgIpc) is 2.37. The number of carbonyl (C=O) groups is 1. The van der Waals surface area contributed by atoms with E-state index in [9.17, 15) is 4.79 Å². The molecule has 0 aliphatic rings. The van der Waals surface area contributed by atoms with Gasteiger partial charge in [0.15, 0.2) is 0 Å². The van der Waals surface area contributed by atoms with Crippen LogP contribution in [0.3, 0.4) is 0 Å². The molecule has 0 unspecified atom stereocenters. The van der Waals surface area contributed by atoms with Crippen LogP contribution in [0.15, 0.2) is 48.0 Å². The van der Waals surface area contributed by atoms with Crippen molar-refractivity contribution in [3.63, 3.8) is 0 Å². The van der Waals surface area contributed by atoms with E-state index < -0.39 is 0 Å². The minimum atomic E-state index is -0.293. The topological polar surface area (TPSA) is 26.3 Å². The van der Waals surface area contributed by atoms with Crippen LogP contribution in [0.5, 0.6) is 0 Å². The first kappa shape index (κ1) is 11.4. The van der Waals surface area contributed by atoms with Crippen LogP contribution in [0.2, 0.25) is 0 Å². The number of hydrogen-bond donors (Lipinski definition) is 0. The highest BCUT2D eigenvalue weighted by Crippen LogP contribution is 2.17. The summed E-state index contributed by atoms with van der Waals surface area (Å²) in [4.78, 5) is 11.3. The Hall–Kier alpha value is -2.09. The van der Waals surface area contributed by atoms with E-state index in [1.165, 1.54) is 17.9 Å². The van der Waals surface area contributed by atoms with E-state index in [0.29, 0.717) is 5.57 Å². The molecule has 0 spiro atoms. The maximum absolute atomic E-state index is 11.3. The molecule has 2 aromatic rings. The van der Waals surface area contributed by atoms with Gasteiger partial charge in [-0.15, -0.1) is 0 Å². The minimum Gasteiger partial charge on any atom is -0.466 e. The van der Waals surface area contributed by atoms with Crippen LogP contribution in [0.1, 0.15) is 12.5 Å². The van der Waals surface area contributed by atoms with Gasteiger partial charge < -0.3 is 4.74 Å². The van der Waals surface area contributed by atoms with Gasteiger partial charge in [-0.3, -0.25) is 0 Å². The number of ether oxygens (including phenoxy) is 1. The molecule has 2 heteroatoms. The van der Waals surface area contributed by atoms with Crippen molar-refractivity contribution in [3.05, 3.63) is 53.6 Å². The van der Waals surface area contributed by atoms with Crippen LogP contribution >= 0.6 is 0 Å². The quantitative estimate of drug-likeness (QED) is 0.579. The van der Waals surface area contributed by atoms with E-state index in [-0.39, 0.29) is 5.97 Å². The number of carbonyl (C=O) groups excluding carboxylic acids is 1. The van der Waals surface area contributed by atoms with E-state index in [2.05, 4.69) is 22.9 Å². The Morgan fingerprint density at radius 2 is 1.82 bits per heavy atom. The fraction of sp³-hybridized carbons (Fsp3) is 0.133. The van der Waals surface area contributed by atoms with Crippen molar-refractivity contribution >= 4 is 22.8 Å². The smallest absolute Gasteiger partial charge is 0.333 e. The van der Waals surface area contributed by atoms with Gasteiger partial charge in [0.1, 0.15) is 0 Å². The number of rotatable bonds is 2. The van der Waals surface area contributed by atoms with Crippen LogP contribution in [0.4, 0.5) is 0 Å². The van der Waals surface area contributed by atoms with Crippen LogP contribution in [-0.4, -0.2) is 13.1 Å². The first-order valence-corrected chi connectivity index (χ1v) is 5.46. The van der Waals surface area contributed by atoms with Crippen molar-refractivity contribution in [2.45, 2.75) is 6.92 Å². The molecule has 2 aromatic carbocycles. The summed E-state index contributed by atoms with van der Waals surface area (Å²) in [7, 11) is 1.39. The first-order chi connectivity index (χ1) is 8.20. The van der Waals surface area contributed by atoms with Gasteiger partial charge in [-0.25, -0.2) is 4.79 Å². The second kappa shape index (κ2) is 4.83. The zero-order valence-corrected chi connectivity index (χ0v) is 9.94. The molecule has 2 rings (SSSR count). The second-order valence-electron chi connectivity index (χ2n) is 3.93. The molecule has 2 nitrogen and oxygen atoms in total. The zero-order chi connectivity index (χ0) is 12.3. The van der Waals surface area contributed by atoms with E-state index in [4.69, 9.17) is 0 Å². The first-order valence-electron chi connectivity index (χ1n) is 5.46. The maximum atomic E-state index is 11.3. The summed E-state index contributed by atoms with van der Waals surface area (Å²) in [6.45, 7) is 1.75. The van der Waals surface area contributed by atoms with Crippen LogP contribution in [0.25, 0.3) is 16.8 Å². The highest BCUT2D eigenvalue weighted by Gasteiger charge is 2.02. The Bertz CT molecular complexity index is 582. The van der Waals surface area contributed by atoms with Crippen LogP contribution < -0.4 is 0 Å². The van der Waals surface area contributed by atoms with Gasteiger partial charge in [-0.1, -0.05) is 36.4 Å². The molecular formula is C15H14O2. The van der Waals surface area contributed by atoms with Gasteiger partial charge in [-0.05, 0) is 35.4 Å². The normalized spacial score (nSPS) is 11.5. The van der Waals surface area contributed by atoms with Crippen molar-refractivity contribution < 1.29 is 9.53 Å². The molecule has 0 atom stereocenters. The number of benzene rings is 2. The lowest BCUT2D eigenvalue weighted by molar-refractivity contribution is -0.135. The van der Waals surface area contributed by atoms with Crippen LogP contribution in [0, 0.1) is 0 Å². The minimum absolute atomic E-state index is 0.293. The van der Waals surface area contributed by atoms with Crippen molar-refractivity contribution in [2.24, 2.45) is 0 Å². The van der Waals surface area contributed by atoms with Gasteiger partial charge in [0.2, 0.25) is 0 Å². The molecule has 0 saturated heterocycles. The highest BCUT2D eigenvalue weighted by atomic mass is 16.5. The van der Waals surface area contributed by atoms with E-state index in [0.717, 1.165) is 5.56 Å². The Labute approximate surface area is 101 Å². The number of fused-ring (bicyclic) bond motifs is 1. The summed E-state index contributed by atoms with van der Waals surface area (Å²) in [6.07, 6.45) is 1.83. The standard InChI is InChI=1S/C15H14O2/c1-11(15(16)17-2)9-12-7-8-13-5-3-4-6-14(13)10-12/h3-10H,1-2H3/b11-9+. The predicted molar refractivity (Wildman–Crippen MR) is 69.6 cm³/mol. The molecule has 0 aliphatic carbocycles. The fourth-order valence-corrected chi connectivity index (χ4v) is 1.77. The fourth-order valence-electron chi connectivity index (χ4n) is 1.77. The van der Waals surface area contributed by atoms with Gasteiger partial charge in [-0.2, -0.15) is 0 Å². The number of hydrogen-bond acceptors (Lipinski definition) is 2. The SMILES string of the molecule is COC(=O)/C(C)=C/c1ccc2ccccc2c1. The molecule has 86 valence electrons. The molecular weight excluding hydrogens is 212 g/mol. The zero-order valence-electron chi connectivity index (χ0n) is 9.94. The molecule has 17 heavy (non-hydrogen) atoms. The van der Waals surface area contributed by atoms with E-state index in [1.807, 2.05) is 30.3 Å². The number of esters is 1. The summed E-state index contributed by atoms with van der Waals surface area (Å²) in [5.41, 5.74) is 1.61. The van der Waals surface area contributed by atoms with Gasteiger partial charge in [0, 0.05) is 5.57 Å². The third-order valence-corrected chi connectivity index (χ3v) is 2.66. The largest absolute Gasteiger partial charge is 0.466 e. The molecule has 0 amide bonds. The monoisotopic (exact) mass is 226 g/mol. The highest BCUT2D eigenvalue weighted by molar-refractivity contribution is 5.94. The van der Waals surface area contributed by atoms with Gasteiger partial charge >= 0.3 is 5.97 Å². The molecule has 0 N–H and O–H groups in total. The number of methoxy groups -OCH3 is 1. The summed E-state index contributed by atoms with van der Waals surface area (Å²) in [5.74, 6) is -0.293. The lowest BCUT2D eigenvalue weighted by Gasteiger charge is -2.01. The van der Waals surface area contributed by atoms with Crippen molar-refractivity contribution in [1.82, 2.24) is 0 Å². The van der Waals surface area contributed by atoms with E-state index in [1.54, 1.807) is 6.92 Å². The third-order valence-electron chi connectivity index (χ3n) is 2.66. The van der Waals surface area contributed by atoms with Gasteiger partial charge in [0.05, 0.1) is 7.11 Å². The van der Waals surface area contributed by atoms with Crippen molar-refractivity contribution in [1.29, 1.82) is 0 Å². The average molecular weight is 226 g/mol. The maximum Gasteiger partial charge on any atom is 0.333 e. The summed E-state index contributed by atoms with van der Waals surface area (Å²) >= 11 is 0. The lowest BCUT2D eigenvalue weighted by Crippen LogP contribution is -2.00. The summed E-state index contributed by atoms with van der Waals surface area (Å²) < 4.78 is 4.66. The lowest BCUT2D eigenvalue weighted by atomic mass is 10.1. The second-order valence-corrected chi connectivity index (χ2v) is 3.93. The Kier molecular flexibility index (Phi) is 3.24.